The summed E-state index contributed by atoms with van der Waals surface area (Å²) in [6, 6.07) is 9.42. The molecule has 4 aliphatic rings. The van der Waals surface area contributed by atoms with Crippen molar-refractivity contribution in [1.29, 1.82) is 0 Å². The maximum atomic E-state index is 6.45. The highest BCUT2D eigenvalue weighted by Crippen LogP contribution is 2.57. The molecule has 0 spiro atoms. The van der Waals surface area contributed by atoms with Gasteiger partial charge in [0.05, 0.1) is 0 Å². The molecular weight excluding hydrogens is 320 g/mol. The molecule has 3 heteroatoms. The van der Waals surface area contributed by atoms with Gasteiger partial charge in [0, 0.05) is 46.6 Å². The number of aryl methyl sites for hydroxylation is 2. The van der Waals surface area contributed by atoms with Gasteiger partial charge in [-0.3, -0.25) is 4.90 Å². The lowest BCUT2D eigenvalue weighted by atomic mass is 9.53. The molecule has 1 aliphatic carbocycles. The van der Waals surface area contributed by atoms with Crippen LogP contribution in [0.5, 0.6) is 0 Å². The van der Waals surface area contributed by atoms with E-state index < -0.39 is 0 Å². The smallest absolute Gasteiger partial charge is 0.227 e. The van der Waals surface area contributed by atoms with Gasteiger partial charge >= 0.3 is 0 Å². The van der Waals surface area contributed by atoms with E-state index in [2.05, 4.69) is 48.0 Å². The van der Waals surface area contributed by atoms with Gasteiger partial charge in [0.25, 0.3) is 0 Å². The predicted molar refractivity (Wildman–Crippen MR) is 105 cm³/mol. The molecular formula is C23H26N2O. The van der Waals surface area contributed by atoms with Crippen LogP contribution in [0.15, 0.2) is 28.7 Å². The van der Waals surface area contributed by atoms with Crippen molar-refractivity contribution in [3.05, 3.63) is 41.1 Å². The van der Waals surface area contributed by atoms with E-state index in [-0.39, 0.29) is 5.41 Å². The maximum Gasteiger partial charge on any atom is 0.227 e. The van der Waals surface area contributed by atoms with Crippen LogP contribution in [-0.2, 0) is 5.41 Å². The summed E-state index contributed by atoms with van der Waals surface area (Å²) in [6.07, 6.45) is 4.08. The minimum absolute atomic E-state index is 0.247. The van der Waals surface area contributed by atoms with E-state index in [0.29, 0.717) is 6.04 Å². The molecule has 1 aromatic carbocycles. The summed E-state index contributed by atoms with van der Waals surface area (Å²) >= 11 is 0. The first-order chi connectivity index (χ1) is 12.5. The number of fused-ring (bicyclic) bond motifs is 3. The summed E-state index contributed by atoms with van der Waals surface area (Å²) in [7, 11) is 0. The van der Waals surface area contributed by atoms with Gasteiger partial charge in [-0.15, -0.1) is 0 Å². The predicted octanol–water partition coefficient (Wildman–Crippen LogP) is 4.97. The average Bonchev–Trinajstić information content (AvgIpc) is 2.95. The zero-order valence-corrected chi connectivity index (χ0v) is 15.9. The number of hydrogen-bond acceptors (Lipinski definition) is 3. The number of rotatable bonds is 1. The summed E-state index contributed by atoms with van der Waals surface area (Å²) in [5, 5.41) is 2.40. The fourth-order valence-corrected chi connectivity index (χ4v) is 6.72. The SMILES string of the molecule is Cc1ccc2c(n1)oc1c(C34CC5CC(CN(C5)C3C)C4)c(C)ccc12. The molecule has 2 aromatic heterocycles. The average molecular weight is 346 g/mol. The monoisotopic (exact) mass is 346 g/mol. The summed E-state index contributed by atoms with van der Waals surface area (Å²) < 4.78 is 6.45. The van der Waals surface area contributed by atoms with Crippen LogP contribution < -0.4 is 0 Å². The number of benzene rings is 1. The lowest BCUT2D eigenvalue weighted by Crippen LogP contribution is -2.65. The van der Waals surface area contributed by atoms with Crippen molar-refractivity contribution in [3.8, 4) is 0 Å². The lowest BCUT2D eigenvalue weighted by molar-refractivity contribution is -0.0785. The van der Waals surface area contributed by atoms with E-state index in [9.17, 15) is 0 Å². The van der Waals surface area contributed by atoms with Gasteiger partial charge < -0.3 is 4.42 Å². The van der Waals surface area contributed by atoms with Gasteiger partial charge in [-0.2, -0.15) is 0 Å². The number of pyridine rings is 1. The van der Waals surface area contributed by atoms with Gasteiger partial charge in [-0.25, -0.2) is 4.98 Å². The molecule has 3 nitrogen and oxygen atoms in total. The van der Waals surface area contributed by atoms with Crippen LogP contribution >= 0.6 is 0 Å². The van der Waals surface area contributed by atoms with Crippen molar-refractivity contribution in [2.24, 2.45) is 11.8 Å². The third kappa shape index (κ3) is 1.80. The van der Waals surface area contributed by atoms with Gasteiger partial charge in [-0.05, 0) is 69.6 Å². The van der Waals surface area contributed by atoms with Crippen LogP contribution in [0.4, 0.5) is 0 Å². The van der Waals surface area contributed by atoms with E-state index in [1.807, 2.05) is 6.92 Å². The van der Waals surface area contributed by atoms with Crippen LogP contribution in [0.2, 0.25) is 0 Å². The Hall–Kier alpha value is -1.87. The molecule has 3 unspecified atom stereocenters. The topological polar surface area (TPSA) is 29.3 Å². The quantitative estimate of drug-likeness (QED) is 0.623. The Bertz CT molecular complexity index is 1040. The third-order valence-corrected chi connectivity index (χ3v) is 7.66. The van der Waals surface area contributed by atoms with Crippen LogP contribution in [0.25, 0.3) is 22.1 Å². The molecule has 0 amide bonds. The normalized spacial score (nSPS) is 35.7. The molecule has 26 heavy (non-hydrogen) atoms. The second-order valence-corrected chi connectivity index (χ2v) is 9.20. The first-order valence-electron chi connectivity index (χ1n) is 10.1. The number of aromatic nitrogens is 1. The molecule has 7 rings (SSSR count). The molecule has 3 aromatic rings. The molecule has 0 N–H and O–H groups in total. The Kier molecular flexibility index (Phi) is 2.86. The molecule has 3 aliphatic heterocycles. The highest BCUT2D eigenvalue weighted by atomic mass is 16.3. The second kappa shape index (κ2) is 4.89. The molecule has 0 radical (unpaired) electrons. The van der Waals surface area contributed by atoms with E-state index in [1.54, 1.807) is 0 Å². The van der Waals surface area contributed by atoms with E-state index in [4.69, 9.17) is 4.42 Å². The number of hydrogen-bond donors (Lipinski definition) is 0. The Labute approximate surface area is 154 Å². The summed E-state index contributed by atoms with van der Waals surface area (Å²) in [4.78, 5) is 7.43. The highest BCUT2D eigenvalue weighted by Gasteiger charge is 2.56. The van der Waals surface area contributed by atoms with E-state index in [0.717, 1.165) is 34.2 Å². The minimum atomic E-state index is 0.247. The largest absolute Gasteiger partial charge is 0.437 e. The zero-order chi connectivity index (χ0) is 17.6. The van der Waals surface area contributed by atoms with Crippen molar-refractivity contribution < 1.29 is 4.42 Å². The minimum Gasteiger partial charge on any atom is -0.437 e. The van der Waals surface area contributed by atoms with Crippen LogP contribution in [0.1, 0.15) is 43.0 Å². The van der Waals surface area contributed by atoms with Gasteiger partial charge in [0.1, 0.15) is 5.58 Å². The van der Waals surface area contributed by atoms with Crippen molar-refractivity contribution in [2.45, 2.75) is 51.5 Å². The van der Waals surface area contributed by atoms with Crippen LogP contribution in [0.3, 0.4) is 0 Å². The third-order valence-electron chi connectivity index (χ3n) is 7.66. The van der Waals surface area contributed by atoms with Crippen molar-refractivity contribution >= 4 is 22.1 Å². The molecule has 134 valence electrons. The van der Waals surface area contributed by atoms with E-state index in [1.165, 1.54) is 48.9 Å². The molecule has 4 bridgehead atoms. The highest BCUT2D eigenvalue weighted by molar-refractivity contribution is 6.05. The standard InChI is InChI=1S/C23H26N2O/c1-13-4-6-18-19-7-5-14(2)24-22(19)26-21(18)20(13)23-9-16-8-17(10-23)12-25(11-16)15(23)3/h4-7,15-17H,8-12H2,1-3H3. The Morgan fingerprint density at radius 2 is 1.77 bits per heavy atom. The summed E-state index contributed by atoms with van der Waals surface area (Å²) in [5.74, 6) is 1.72. The Morgan fingerprint density at radius 3 is 2.54 bits per heavy atom. The molecule has 3 atom stereocenters. The summed E-state index contributed by atoms with van der Waals surface area (Å²) in [5.41, 5.74) is 6.04. The molecule has 1 saturated carbocycles. The lowest BCUT2D eigenvalue weighted by Gasteiger charge is -2.62. The summed E-state index contributed by atoms with van der Waals surface area (Å²) in [6.45, 7) is 9.38. The maximum absolute atomic E-state index is 6.45. The Balaban J connectivity index is 1.67. The van der Waals surface area contributed by atoms with Crippen LogP contribution in [0, 0.1) is 25.7 Å². The Morgan fingerprint density at radius 1 is 1.04 bits per heavy atom. The van der Waals surface area contributed by atoms with Crippen molar-refractivity contribution in [2.75, 3.05) is 13.1 Å². The van der Waals surface area contributed by atoms with Crippen molar-refractivity contribution in [3.63, 3.8) is 0 Å². The van der Waals surface area contributed by atoms with Crippen molar-refractivity contribution in [1.82, 2.24) is 9.88 Å². The first-order valence-corrected chi connectivity index (χ1v) is 10.1. The molecule has 3 saturated heterocycles. The molecule has 4 fully saturated rings. The molecule has 5 heterocycles. The fourth-order valence-electron chi connectivity index (χ4n) is 6.72. The first kappa shape index (κ1) is 15.2. The fraction of sp³-hybridized carbons (Fsp3) is 0.522. The van der Waals surface area contributed by atoms with Gasteiger partial charge in [0.15, 0.2) is 0 Å². The van der Waals surface area contributed by atoms with Gasteiger partial charge in [0.2, 0.25) is 5.71 Å². The number of nitrogens with zero attached hydrogens (tertiary/aromatic N) is 2. The van der Waals surface area contributed by atoms with Crippen LogP contribution in [-0.4, -0.2) is 29.0 Å². The number of piperidine rings is 3. The van der Waals surface area contributed by atoms with Gasteiger partial charge in [-0.1, -0.05) is 12.1 Å². The number of furan rings is 1. The van der Waals surface area contributed by atoms with E-state index >= 15 is 0 Å². The second-order valence-electron chi connectivity index (χ2n) is 9.20. The zero-order valence-electron chi connectivity index (χ0n) is 15.9.